The van der Waals surface area contributed by atoms with Crippen LogP contribution in [-0.4, -0.2) is 63.4 Å². The van der Waals surface area contributed by atoms with E-state index in [1.807, 2.05) is 0 Å². The van der Waals surface area contributed by atoms with Gasteiger partial charge in [-0.1, -0.05) is 13.8 Å². The van der Waals surface area contributed by atoms with Gasteiger partial charge in [0.2, 0.25) is 0 Å². The highest BCUT2D eigenvalue weighted by Crippen LogP contribution is 2.40. The van der Waals surface area contributed by atoms with Gasteiger partial charge in [0.25, 0.3) is 0 Å². The minimum atomic E-state index is -0.274. The Morgan fingerprint density at radius 1 is 1.15 bits per heavy atom. The van der Waals surface area contributed by atoms with Crippen LogP contribution in [0.3, 0.4) is 0 Å². The Labute approximate surface area is 123 Å². The Balaban J connectivity index is 2.15. The molecule has 1 rings (SSSR count). The number of methoxy groups -OCH3 is 1. The molecule has 0 radical (unpaired) electrons. The first-order chi connectivity index (χ1) is 9.64. The lowest BCUT2D eigenvalue weighted by molar-refractivity contribution is -0.00916. The summed E-state index contributed by atoms with van der Waals surface area (Å²) < 4.78 is 16.1. The van der Waals surface area contributed by atoms with Crippen LogP contribution >= 0.6 is 0 Å². The van der Waals surface area contributed by atoms with Crippen LogP contribution in [0.25, 0.3) is 0 Å². The van der Waals surface area contributed by atoms with E-state index in [0.717, 1.165) is 13.0 Å². The fourth-order valence-corrected chi connectivity index (χ4v) is 2.49. The number of hydrogen-bond donors (Lipinski definition) is 2. The highest BCUT2D eigenvalue weighted by molar-refractivity contribution is 5.01. The lowest BCUT2D eigenvalue weighted by Gasteiger charge is -2.35. The fourth-order valence-electron chi connectivity index (χ4n) is 2.49. The highest BCUT2D eigenvalue weighted by atomic mass is 16.5. The second-order valence-corrected chi connectivity index (χ2v) is 5.90. The van der Waals surface area contributed by atoms with Gasteiger partial charge in [0, 0.05) is 26.4 Å². The molecule has 0 bridgehead atoms. The van der Waals surface area contributed by atoms with Gasteiger partial charge < -0.3 is 24.6 Å². The zero-order valence-electron chi connectivity index (χ0n) is 13.2. The molecule has 1 fully saturated rings. The molecule has 120 valence electrons. The van der Waals surface area contributed by atoms with E-state index < -0.39 is 0 Å². The molecule has 1 unspecified atom stereocenters. The first kappa shape index (κ1) is 17.9. The molecule has 1 aliphatic carbocycles. The molecule has 20 heavy (non-hydrogen) atoms. The van der Waals surface area contributed by atoms with E-state index in [4.69, 9.17) is 14.2 Å². The van der Waals surface area contributed by atoms with Crippen molar-refractivity contribution in [2.45, 2.75) is 44.7 Å². The summed E-state index contributed by atoms with van der Waals surface area (Å²) in [7, 11) is 1.69. The number of ether oxygens (including phenoxy) is 3. The van der Waals surface area contributed by atoms with Gasteiger partial charge in [-0.3, -0.25) is 0 Å². The fraction of sp³-hybridized carbons (Fsp3) is 1.00. The number of nitrogens with one attached hydrogen (secondary N) is 1. The molecule has 0 aromatic rings. The lowest BCUT2D eigenvalue weighted by Crippen LogP contribution is -2.56. The van der Waals surface area contributed by atoms with Gasteiger partial charge in [0.15, 0.2) is 0 Å². The summed E-state index contributed by atoms with van der Waals surface area (Å²) in [4.78, 5) is 0. The predicted molar refractivity (Wildman–Crippen MR) is 78.9 cm³/mol. The Morgan fingerprint density at radius 3 is 2.40 bits per heavy atom. The van der Waals surface area contributed by atoms with E-state index >= 15 is 0 Å². The minimum absolute atomic E-state index is 0.130. The smallest absolute Gasteiger partial charge is 0.0701 e. The summed E-state index contributed by atoms with van der Waals surface area (Å²) in [6.45, 7) is 7.48. The van der Waals surface area contributed by atoms with E-state index in [0.29, 0.717) is 38.4 Å². The summed E-state index contributed by atoms with van der Waals surface area (Å²) >= 11 is 0. The molecule has 0 spiro atoms. The Morgan fingerprint density at radius 2 is 1.85 bits per heavy atom. The first-order valence-electron chi connectivity index (χ1n) is 7.67. The van der Waals surface area contributed by atoms with Crippen LogP contribution < -0.4 is 5.32 Å². The number of aliphatic hydroxyl groups is 1. The van der Waals surface area contributed by atoms with E-state index in [-0.39, 0.29) is 12.1 Å². The summed E-state index contributed by atoms with van der Waals surface area (Å²) in [6, 6.07) is 0.344. The molecular formula is C15H31NO4. The van der Waals surface area contributed by atoms with Crippen LogP contribution in [0.15, 0.2) is 0 Å². The monoisotopic (exact) mass is 289 g/mol. The zero-order valence-corrected chi connectivity index (χ0v) is 13.2. The molecule has 5 heteroatoms. The Hall–Kier alpha value is -0.200. The van der Waals surface area contributed by atoms with E-state index in [1.54, 1.807) is 7.11 Å². The largest absolute Gasteiger partial charge is 0.394 e. The quantitative estimate of drug-likeness (QED) is 0.499. The third-order valence-corrected chi connectivity index (χ3v) is 3.59. The van der Waals surface area contributed by atoms with Gasteiger partial charge in [0.05, 0.1) is 32.0 Å². The van der Waals surface area contributed by atoms with Crippen molar-refractivity contribution in [2.24, 2.45) is 5.92 Å². The van der Waals surface area contributed by atoms with Crippen LogP contribution in [0.2, 0.25) is 0 Å². The highest BCUT2D eigenvalue weighted by Gasteiger charge is 2.45. The van der Waals surface area contributed by atoms with Gasteiger partial charge in [-0.25, -0.2) is 0 Å². The van der Waals surface area contributed by atoms with Crippen molar-refractivity contribution in [1.29, 1.82) is 0 Å². The second kappa shape index (κ2) is 9.68. The Bertz CT molecular complexity index is 246. The van der Waals surface area contributed by atoms with Gasteiger partial charge in [-0.05, 0) is 25.2 Å². The average molecular weight is 289 g/mol. The maximum atomic E-state index is 9.75. The van der Waals surface area contributed by atoms with Gasteiger partial charge in [-0.2, -0.15) is 0 Å². The molecule has 0 saturated heterocycles. The van der Waals surface area contributed by atoms with E-state index in [9.17, 15) is 5.11 Å². The SMILES string of the molecule is COCCCOCCOCC(CO)(NC(C)C)C1CC1. The molecule has 0 heterocycles. The van der Waals surface area contributed by atoms with E-state index in [1.165, 1.54) is 12.8 Å². The molecule has 1 atom stereocenters. The Kier molecular flexibility index (Phi) is 8.64. The van der Waals surface area contributed by atoms with Crippen LogP contribution in [0.5, 0.6) is 0 Å². The third-order valence-electron chi connectivity index (χ3n) is 3.59. The molecule has 5 nitrogen and oxygen atoms in total. The number of aliphatic hydroxyl groups excluding tert-OH is 1. The molecular weight excluding hydrogens is 258 g/mol. The van der Waals surface area contributed by atoms with Gasteiger partial charge in [0.1, 0.15) is 0 Å². The minimum Gasteiger partial charge on any atom is -0.394 e. The zero-order chi connectivity index (χ0) is 14.8. The normalized spacial score (nSPS) is 18.4. The van der Waals surface area contributed by atoms with Crippen molar-refractivity contribution in [3.63, 3.8) is 0 Å². The van der Waals surface area contributed by atoms with Crippen molar-refractivity contribution in [3.05, 3.63) is 0 Å². The van der Waals surface area contributed by atoms with Crippen LogP contribution in [0, 0.1) is 5.92 Å². The van der Waals surface area contributed by atoms with Crippen molar-refractivity contribution >= 4 is 0 Å². The third kappa shape index (κ3) is 6.50. The van der Waals surface area contributed by atoms with Crippen molar-refractivity contribution in [1.82, 2.24) is 5.32 Å². The predicted octanol–water partition coefficient (Wildman–Crippen LogP) is 1.20. The van der Waals surface area contributed by atoms with Crippen LogP contribution in [-0.2, 0) is 14.2 Å². The standard InChI is InChI=1S/C15H31NO4/c1-13(2)16-15(11-17,14-5-6-14)12-20-10-9-19-8-4-7-18-3/h13-14,16-17H,4-12H2,1-3H3. The van der Waals surface area contributed by atoms with Gasteiger partial charge >= 0.3 is 0 Å². The molecule has 0 aromatic heterocycles. The maximum Gasteiger partial charge on any atom is 0.0701 e. The summed E-state index contributed by atoms with van der Waals surface area (Å²) in [5.74, 6) is 0.539. The van der Waals surface area contributed by atoms with Crippen molar-refractivity contribution in [3.8, 4) is 0 Å². The van der Waals surface area contributed by atoms with E-state index in [2.05, 4.69) is 19.2 Å². The average Bonchev–Trinajstić information content (AvgIpc) is 3.24. The molecule has 0 aliphatic heterocycles. The van der Waals surface area contributed by atoms with Crippen LogP contribution in [0.4, 0.5) is 0 Å². The molecule has 0 amide bonds. The number of hydrogen-bond acceptors (Lipinski definition) is 5. The molecule has 1 saturated carbocycles. The summed E-state index contributed by atoms with van der Waals surface area (Å²) in [5.41, 5.74) is -0.274. The maximum absolute atomic E-state index is 9.75. The summed E-state index contributed by atoms with van der Waals surface area (Å²) in [5, 5.41) is 13.2. The van der Waals surface area contributed by atoms with Crippen molar-refractivity contribution < 1.29 is 19.3 Å². The summed E-state index contributed by atoms with van der Waals surface area (Å²) in [6.07, 6.45) is 3.27. The lowest BCUT2D eigenvalue weighted by atomic mass is 9.94. The molecule has 2 N–H and O–H groups in total. The second-order valence-electron chi connectivity index (χ2n) is 5.90. The van der Waals surface area contributed by atoms with Crippen LogP contribution in [0.1, 0.15) is 33.1 Å². The topological polar surface area (TPSA) is 60.0 Å². The number of rotatable bonds is 13. The molecule has 1 aliphatic rings. The van der Waals surface area contributed by atoms with Crippen molar-refractivity contribution in [2.75, 3.05) is 46.8 Å². The van der Waals surface area contributed by atoms with Gasteiger partial charge in [-0.15, -0.1) is 0 Å². The first-order valence-corrected chi connectivity index (χ1v) is 7.67. The molecule has 0 aromatic carbocycles.